The van der Waals surface area contributed by atoms with Gasteiger partial charge in [0.15, 0.2) is 0 Å². The number of ketones is 1. The first-order valence-electron chi connectivity index (χ1n) is 13.0. The van der Waals surface area contributed by atoms with Crippen molar-refractivity contribution in [2.24, 2.45) is 5.41 Å². The number of ether oxygens (including phenoxy) is 2. The van der Waals surface area contributed by atoms with E-state index >= 15 is 0 Å². The van der Waals surface area contributed by atoms with Gasteiger partial charge in [-0.2, -0.15) is 0 Å². The van der Waals surface area contributed by atoms with Crippen LogP contribution in [0.3, 0.4) is 0 Å². The topological polar surface area (TPSA) is 120 Å². The van der Waals surface area contributed by atoms with Gasteiger partial charge in [0.1, 0.15) is 23.7 Å². The van der Waals surface area contributed by atoms with Crippen LogP contribution in [0.2, 0.25) is 0 Å². The number of carbonyl (C=O) groups is 3. The molecule has 2 N–H and O–H groups in total. The molecule has 1 aromatic carbocycles. The molecule has 2 atom stereocenters. The summed E-state index contributed by atoms with van der Waals surface area (Å²) in [6.07, 6.45) is 5.37. The summed E-state index contributed by atoms with van der Waals surface area (Å²) in [7, 11) is 0. The maximum absolute atomic E-state index is 13.0. The number of hydrogen-bond acceptors (Lipinski definition) is 8. The zero-order valence-corrected chi connectivity index (χ0v) is 22.6. The number of thiophene rings is 1. The van der Waals surface area contributed by atoms with Gasteiger partial charge in [0, 0.05) is 5.41 Å². The first kappa shape index (κ1) is 27.5. The molecule has 38 heavy (non-hydrogen) atoms. The highest BCUT2D eigenvalue weighted by molar-refractivity contribution is 7.17. The van der Waals surface area contributed by atoms with Gasteiger partial charge in [-0.15, -0.1) is 11.3 Å². The molecule has 0 unspecified atom stereocenters. The Bertz CT molecular complexity index is 1240. The summed E-state index contributed by atoms with van der Waals surface area (Å²) in [6, 6.07) is 10.0. The number of rotatable bonds is 13. The molecule has 1 aliphatic carbocycles. The molecule has 3 aromatic rings. The number of aromatic nitrogens is 2. The van der Waals surface area contributed by atoms with E-state index < -0.39 is 23.8 Å². The first-order chi connectivity index (χ1) is 18.4. The summed E-state index contributed by atoms with van der Waals surface area (Å²) in [5.41, 5.74) is 1.42. The summed E-state index contributed by atoms with van der Waals surface area (Å²) in [4.78, 5) is 46.9. The predicted octanol–water partition coefficient (Wildman–Crippen LogP) is 4.97. The minimum atomic E-state index is -0.952. The van der Waals surface area contributed by atoms with Crippen LogP contribution < -0.4 is 15.4 Å². The van der Waals surface area contributed by atoms with Crippen molar-refractivity contribution < 1.29 is 23.9 Å². The van der Waals surface area contributed by atoms with Crippen LogP contribution in [-0.4, -0.2) is 47.0 Å². The third-order valence-electron chi connectivity index (χ3n) is 6.98. The van der Waals surface area contributed by atoms with Gasteiger partial charge in [-0.1, -0.05) is 56.5 Å². The van der Waals surface area contributed by atoms with E-state index in [1.165, 1.54) is 17.7 Å². The SMILES string of the molecule is CCCC[C@H](NC(=O)OCC1(COc2ncnc3ccsc23)CCC1)C(=O)C(=O)N[C@H](C)c1ccccc1. The second-order valence-electron chi connectivity index (χ2n) is 9.84. The number of Topliss-reactive ketones (excluding diaryl/α,β-unsaturated/α-hetero) is 1. The van der Waals surface area contributed by atoms with Crippen molar-refractivity contribution in [3.63, 3.8) is 0 Å². The van der Waals surface area contributed by atoms with Crippen LogP contribution >= 0.6 is 11.3 Å². The standard InChI is InChI=1S/C28H34N4O5S/c1-3-4-11-21(23(33)25(34)31-19(2)20-9-6-5-7-10-20)32-27(35)37-17-28(13-8-14-28)16-36-26-24-22(12-15-38-24)29-18-30-26/h5-7,9-10,12,15,18-19,21H,3-4,8,11,13-14,16-17H2,1-2H3,(H,31,34)(H,32,35)/t19-,21+/m1/s1. The molecule has 2 heterocycles. The van der Waals surface area contributed by atoms with Gasteiger partial charge in [-0.05, 0) is 43.2 Å². The van der Waals surface area contributed by atoms with Gasteiger partial charge in [0.05, 0.1) is 18.2 Å². The number of unbranched alkanes of at least 4 members (excludes halogenated alkanes) is 1. The molecule has 4 rings (SSSR count). The number of nitrogens with zero attached hydrogens (tertiary/aromatic N) is 2. The number of nitrogens with one attached hydrogen (secondary N) is 2. The van der Waals surface area contributed by atoms with Crippen molar-refractivity contribution in [1.29, 1.82) is 0 Å². The maximum atomic E-state index is 13.0. The molecule has 2 amide bonds. The average molecular weight is 539 g/mol. The zero-order valence-electron chi connectivity index (χ0n) is 21.8. The molecule has 0 aliphatic heterocycles. The highest BCUT2D eigenvalue weighted by atomic mass is 32.1. The van der Waals surface area contributed by atoms with Crippen molar-refractivity contribution >= 4 is 39.3 Å². The Morgan fingerprint density at radius 2 is 1.87 bits per heavy atom. The fourth-order valence-electron chi connectivity index (χ4n) is 4.43. The Labute approximate surface area is 226 Å². The first-order valence-corrected chi connectivity index (χ1v) is 13.9. The van der Waals surface area contributed by atoms with Crippen molar-refractivity contribution in [3.05, 3.63) is 53.7 Å². The van der Waals surface area contributed by atoms with Crippen LogP contribution in [0.5, 0.6) is 5.88 Å². The minimum Gasteiger partial charge on any atom is -0.476 e. The highest BCUT2D eigenvalue weighted by Gasteiger charge is 2.40. The van der Waals surface area contributed by atoms with Crippen molar-refractivity contribution in [2.75, 3.05) is 13.2 Å². The third-order valence-corrected chi connectivity index (χ3v) is 7.87. The summed E-state index contributed by atoms with van der Waals surface area (Å²) < 4.78 is 12.5. The lowest BCUT2D eigenvalue weighted by atomic mass is 9.70. The number of amides is 2. The molecule has 1 fully saturated rings. The predicted molar refractivity (Wildman–Crippen MR) is 145 cm³/mol. The normalized spacial score (nSPS) is 15.6. The quantitative estimate of drug-likeness (QED) is 0.295. The van der Waals surface area contributed by atoms with Gasteiger partial charge in [0.2, 0.25) is 11.7 Å². The van der Waals surface area contributed by atoms with Gasteiger partial charge in [-0.3, -0.25) is 9.59 Å². The van der Waals surface area contributed by atoms with Crippen LogP contribution in [0.4, 0.5) is 4.79 Å². The average Bonchev–Trinajstić information content (AvgIpc) is 3.40. The molecule has 1 saturated carbocycles. The number of alkyl carbamates (subject to hydrolysis) is 1. The van der Waals surface area contributed by atoms with E-state index in [1.54, 1.807) is 0 Å². The Morgan fingerprint density at radius 1 is 1.08 bits per heavy atom. The molecule has 0 spiro atoms. The van der Waals surface area contributed by atoms with E-state index in [1.807, 2.05) is 55.6 Å². The molecule has 2 aromatic heterocycles. The Balaban J connectivity index is 1.31. The molecule has 10 heteroatoms. The van der Waals surface area contributed by atoms with E-state index in [2.05, 4.69) is 20.6 Å². The largest absolute Gasteiger partial charge is 0.476 e. The maximum Gasteiger partial charge on any atom is 0.407 e. The van der Waals surface area contributed by atoms with Crippen LogP contribution in [0.1, 0.15) is 64.0 Å². The fraction of sp³-hybridized carbons (Fsp3) is 0.464. The molecule has 202 valence electrons. The molecule has 1 aliphatic rings. The van der Waals surface area contributed by atoms with Crippen LogP contribution in [0.15, 0.2) is 48.1 Å². The van der Waals surface area contributed by atoms with Gasteiger partial charge >= 0.3 is 6.09 Å². The number of carbonyl (C=O) groups excluding carboxylic acids is 3. The third kappa shape index (κ3) is 6.86. The lowest BCUT2D eigenvalue weighted by molar-refractivity contribution is -0.139. The molecule has 0 bridgehead atoms. The van der Waals surface area contributed by atoms with E-state index in [4.69, 9.17) is 9.47 Å². The van der Waals surface area contributed by atoms with Crippen LogP contribution in [0.25, 0.3) is 10.2 Å². The second kappa shape index (κ2) is 12.8. The smallest absolute Gasteiger partial charge is 0.407 e. The Morgan fingerprint density at radius 3 is 2.58 bits per heavy atom. The lowest BCUT2D eigenvalue weighted by Gasteiger charge is -2.40. The van der Waals surface area contributed by atoms with Gasteiger partial charge in [-0.25, -0.2) is 14.8 Å². The molecular formula is C28H34N4O5S. The van der Waals surface area contributed by atoms with Crippen molar-refractivity contribution in [2.45, 2.75) is 64.5 Å². The van der Waals surface area contributed by atoms with E-state index in [-0.39, 0.29) is 18.1 Å². The van der Waals surface area contributed by atoms with Crippen molar-refractivity contribution in [3.8, 4) is 5.88 Å². The van der Waals surface area contributed by atoms with E-state index in [0.717, 1.165) is 41.5 Å². The molecule has 0 radical (unpaired) electrons. The molecule has 9 nitrogen and oxygen atoms in total. The monoisotopic (exact) mass is 538 g/mol. The summed E-state index contributed by atoms with van der Waals surface area (Å²) in [6.45, 7) is 4.32. The summed E-state index contributed by atoms with van der Waals surface area (Å²) >= 11 is 1.52. The second-order valence-corrected chi connectivity index (χ2v) is 10.8. The van der Waals surface area contributed by atoms with E-state index in [9.17, 15) is 14.4 Å². The Kier molecular flexibility index (Phi) is 9.28. The summed E-state index contributed by atoms with van der Waals surface area (Å²) in [5, 5.41) is 7.31. The van der Waals surface area contributed by atoms with E-state index in [0.29, 0.717) is 25.3 Å². The number of fused-ring (bicyclic) bond motifs is 1. The highest BCUT2D eigenvalue weighted by Crippen LogP contribution is 2.42. The van der Waals surface area contributed by atoms with Crippen molar-refractivity contribution in [1.82, 2.24) is 20.6 Å². The molecular weight excluding hydrogens is 504 g/mol. The molecule has 0 saturated heterocycles. The minimum absolute atomic E-state index is 0.156. The lowest BCUT2D eigenvalue weighted by Crippen LogP contribution is -2.49. The summed E-state index contributed by atoms with van der Waals surface area (Å²) in [5.74, 6) is -0.873. The number of hydrogen-bond donors (Lipinski definition) is 2. The van der Waals surface area contributed by atoms with Crippen LogP contribution in [0, 0.1) is 5.41 Å². The van der Waals surface area contributed by atoms with Gasteiger partial charge < -0.3 is 20.1 Å². The van der Waals surface area contributed by atoms with Crippen LogP contribution in [-0.2, 0) is 14.3 Å². The fourth-order valence-corrected chi connectivity index (χ4v) is 5.22. The zero-order chi connectivity index (χ0) is 27.0. The number of benzene rings is 1. The van der Waals surface area contributed by atoms with Gasteiger partial charge in [0.25, 0.3) is 5.91 Å². The Hall–Kier alpha value is -3.53.